The van der Waals surface area contributed by atoms with Gasteiger partial charge in [-0.2, -0.15) is 5.26 Å². The Morgan fingerprint density at radius 3 is 2.64 bits per heavy atom. The molecule has 1 rings (SSSR count). The summed E-state index contributed by atoms with van der Waals surface area (Å²) in [6, 6.07) is 11.2. The maximum absolute atomic E-state index is 10.8. The molecule has 14 heavy (non-hydrogen) atoms. The molecular weight excluding hydrogens is 178 g/mol. The van der Waals surface area contributed by atoms with E-state index in [9.17, 15) is 4.79 Å². The van der Waals surface area contributed by atoms with Crippen molar-refractivity contribution >= 4 is 5.97 Å². The van der Waals surface area contributed by atoms with Crippen molar-refractivity contribution in [2.45, 2.75) is 19.4 Å². The van der Waals surface area contributed by atoms with Crippen molar-refractivity contribution in [3.05, 3.63) is 35.9 Å². The van der Waals surface area contributed by atoms with Gasteiger partial charge in [0.2, 0.25) is 0 Å². The van der Waals surface area contributed by atoms with Crippen LogP contribution in [-0.2, 0) is 9.53 Å². The Bertz CT molecular complexity index is 340. The lowest BCUT2D eigenvalue weighted by atomic mass is 10.1. The third kappa shape index (κ3) is 2.91. The molecule has 1 atom stereocenters. The number of esters is 1. The standard InChI is InChI=1S/C11H11NO2/c1-9(13)14-11(7-8-12)10-5-3-2-4-6-10/h2-6,11H,7H2,1H3/t11-/m1/s1. The normalized spacial score (nSPS) is 11.4. The summed E-state index contributed by atoms with van der Waals surface area (Å²) in [6.45, 7) is 1.34. The Labute approximate surface area is 82.9 Å². The highest BCUT2D eigenvalue weighted by Gasteiger charge is 2.13. The predicted molar refractivity (Wildman–Crippen MR) is 51.2 cm³/mol. The first-order chi connectivity index (χ1) is 6.74. The van der Waals surface area contributed by atoms with E-state index in [4.69, 9.17) is 10.00 Å². The summed E-state index contributed by atoms with van der Waals surface area (Å²) in [5, 5.41) is 8.57. The van der Waals surface area contributed by atoms with Crippen molar-refractivity contribution in [2.24, 2.45) is 0 Å². The van der Waals surface area contributed by atoms with Gasteiger partial charge in [-0.25, -0.2) is 0 Å². The van der Waals surface area contributed by atoms with Crippen LogP contribution in [0.15, 0.2) is 30.3 Å². The molecule has 0 amide bonds. The Balaban J connectivity index is 2.78. The first kappa shape index (κ1) is 10.3. The zero-order valence-corrected chi connectivity index (χ0v) is 7.93. The Morgan fingerprint density at radius 2 is 2.14 bits per heavy atom. The molecule has 0 aliphatic heterocycles. The van der Waals surface area contributed by atoms with E-state index >= 15 is 0 Å². The van der Waals surface area contributed by atoms with Crippen molar-refractivity contribution in [3.63, 3.8) is 0 Å². The van der Waals surface area contributed by atoms with Gasteiger partial charge >= 0.3 is 5.97 Å². The zero-order chi connectivity index (χ0) is 10.4. The summed E-state index contributed by atoms with van der Waals surface area (Å²) in [5.74, 6) is -0.367. The molecule has 3 heteroatoms. The highest BCUT2D eigenvalue weighted by molar-refractivity contribution is 5.66. The second kappa shape index (κ2) is 5.03. The minimum absolute atomic E-state index is 0.184. The van der Waals surface area contributed by atoms with Crippen LogP contribution in [0.2, 0.25) is 0 Å². The third-order valence-corrected chi connectivity index (χ3v) is 1.76. The van der Waals surface area contributed by atoms with Gasteiger partial charge in [-0.15, -0.1) is 0 Å². The van der Waals surface area contributed by atoms with E-state index < -0.39 is 6.10 Å². The molecule has 1 aromatic carbocycles. The van der Waals surface area contributed by atoms with E-state index in [2.05, 4.69) is 0 Å². The quantitative estimate of drug-likeness (QED) is 0.685. The summed E-state index contributed by atoms with van der Waals surface area (Å²) in [5.41, 5.74) is 0.851. The molecule has 0 spiro atoms. The minimum Gasteiger partial charge on any atom is -0.457 e. The van der Waals surface area contributed by atoms with E-state index in [1.165, 1.54) is 6.92 Å². The van der Waals surface area contributed by atoms with Gasteiger partial charge in [0.15, 0.2) is 0 Å². The maximum atomic E-state index is 10.8. The fraction of sp³-hybridized carbons (Fsp3) is 0.273. The van der Waals surface area contributed by atoms with Crippen molar-refractivity contribution in [2.75, 3.05) is 0 Å². The summed E-state index contributed by atoms with van der Waals surface area (Å²) < 4.78 is 5.02. The van der Waals surface area contributed by atoms with Crippen LogP contribution in [0.3, 0.4) is 0 Å². The zero-order valence-electron chi connectivity index (χ0n) is 7.93. The molecule has 0 bridgehead atoms. The number of carbonyl (C=O) groups excluding carboxylic acids is 1. The highest BCUT2D eigenvalue weighted by Crippen LogP contribution is 2.20. The van der Waals surface area contributed by atoms with E-state index in [-0.39, 0.29) is 12.4 Å². The molecule has 72 valence electrons. The summed E-state index contributed by atoms with van der Waals surface area (Å²) in [4.78, 5) is 10.8. The van der Waals surface area contributed by atoms with Crippen molar-refractivity contribution in [1.29, 1.82) is 5.26 Å². The maximum Gasteiger partial charge on any atom is 0.303 e. The van der Waals surface area contributed by atoms with Gasteiger partial charge in [-0.05, 0) is 5.56 Å². The average Bonchev–Trinajstić information content (AvgIpc) is 2.18. The lowest BCUT2D eigenvalue weighted by molar-refractivity contribution is -0.146. The number of ether oxygens (including phenoxy) is 1. The molecule has 0 aliphatic rings. The van der Waals surface area contributed by atoms with Crippen LogP contribution in [-0.4, -0.2) is 5.97 Å². The average molecular weight is 189 g/mol. The van der Waals surface area contributed by atoms with Crippen LogP contribution < -0.4 is 0 Å². The van der Waals surface area contributed by atoms with Crippen LogP contribution in [0, 0.1) is 11.3 Å². The number of hydrogen-bond acceptors (Lipinski definition) is 3. The molecule has 0 heterocycles. The van der Waals surface area contributed by atoms with Gasteiger partial charge in [-0.3, -0.25) is 4.79 Å². The van der Waals surface area contributed by atoms with E-state index in [1.807, 2.05) is 36.4 Å². The first-order valence-corrected chi connectivity index (χ1v) is 4.33. The van der Waals surface area contributed by atoms with Crippen molar-refractivity contribution in [3.8, 4) is 6.07 Å². The van der Waals surface area contributed by atoms with Gasteiger partial charge in [-0.1, -0.05) is 30.3 Å². The molecule has 3 nitrogen and oxygen atoms in total. The fourth-order valence-electron chi connectivity index (χ4n) is 1.18. The topological polar surface area (TPSA) is 50.1 Å². The van der Waals surface area contributed by atoms with Crippen LogP contribution >= 0.6 is 0 Å². The van der Waals surface area contributed by atoms with Crippen LogP contribution in [0.25, 0.3) is 0 Å². The lowest BCUT2D eigenvalue weighted by Gasteiger charge is -2.13. The van der Waals surface area contributed by atoms with Crippen LogP contribution in [0.1, 0.15) is 25.0 Å². The number of nitrogens with zero attached hydrogens (tertiary/aromatic N) is 1. The third-order valence-electron chi connectivity index (χ3n) is 1.76. The van der Waals surface area contributed by atoms with Crippen molar-refractivity contribution in [1.82, 2.24) is 0 Å². The van der Waals surface area contributed by atoms with E-state index in [0.29, 0.717) is 0 Å². The molecule has 0 radical (unpaired) electrons. The lowest BCUT2D eigenvalue weighted by Crippen LogP contribution is -2.07. The van der Waals surface area contributed by atoms with Gasteiger partial charge in [0.05, 0.1) is 12.5 Å². The largest absolute Gasteiger partial charge is 0.457 e. The molecule has 0 fully saturated rings. The van der Waals surface area contributed by atoms with Gasteiger partial charge in [0, 0.05) is 6.92 Å². The predicted octanol–water partition coefficient (Wildman–Crippen LogP) is 2.20. The molecule has 0 aromatic heterocycles. The van der Waals surface area contributed by atoms with Crippen LogP contribution in [0.4, 0.5) is 0 Å². The van der Waals surface area contributed by atoms with Gasteiger partial charge in [0.25, 0.3) is 0 Å². The number of nitriles is 1. The molecule has 1 aromatic rings. The Kier molecular flexibility index (Phi) is 3.69. The number of rotatable bonds is 3. The Morgan fingerprint density at radius 1 is 1.50 bits per heavy atom. The summed E-state index contributed by atoms with van der Waals surface area (Å²) in [6.07, 6.45) is -0.262. The molecular formula is C11H11NO2. The number of hydrogen-bond donors (Lipinski definition) is 0. The molecule has 0 N–H and O–H groups in total. The number of carbonyl (C=O) groups is 1. The summed E-state index contributed by atoms with van der Waals surface area (Å²) in [7, 11) is 0. The molecule has 0 unspecified atom stereocenters. The van der Waals surface area contributed by atoms with E-state index in [0.717, 1.165) is 5.56 Å². The smallest absolute Gasteiger partial charge is 0.303 e. The molecule has 0 saturated heterocycles. The van der Waals surface area contributed by atoms with Crippen LogP contribution in [0.5, 0.6) is 0 Å². The van der Waals surface area contributed by atoms with Gasteiger partial charge < -0.3 is 4.74 Å². The highest BCUT2D eigenvalue weighted by atomic mass is 16.5. The summed E-state index contributed by atoms with van der Waals surface area (Å²) >= 11 is 0. The second-order valence-electron chi connectivity index (χ2n) is 2.87. The minimum atomic E-state index is -0.446. The monoisotopic (exact) mass is 189 g/mol. The van der Waals surface area contributed by atoms with Crippen molar-refractivity contribution < 1.29 is 9.53 Å². The van der Waals surface area contributed by atoms with Gasteiger partial charge in [0.1, 0.15) is 6.10 Å². The number of benzene rings is 1. The molecule has 0 saturated carbocycles. The Hall–Kier alpha value is -1.82. The first-order valence-electron chi connectivity index (χ1n) is 4.33. The fourth-order valence-corrected chi connectivity index (χ4v) is 1.18. The second-order valence-corrected chi connectivity index (χ2v) is 2.87. The molecule has 0 aliphatic carbocycles. The SMILES string of the molecule is CC(=O)O[C@H](CC#N)c1ccccc1. The van der Waals surface area contributed by atoms with E-state index in [1.54, 1.807) is 0 Å².